The highest BCUT2D eigenvalue weighted by Gasteiger charge is 2.31. The molecule has 1 heterocycles. The highest BCUT2D eigenvalue weighted by molar-refractivity contribution is 7.89. The molecule has 2 fully saturated rings. The molecule has 1 aromatic rings. The van der Waals surface area contributed by atoms with E-state index < -0.39 is 16.0 Å². The Morgan fingerprint density at radius 3 is 2.69 bits per heavy atom. The van der Waals surface area contributed by atoms with Gasteiger partial charge in [0.15, 0.2) is 6.61 Å². The van der Waals surface area contributed by atoms with Crippen LogP contribution in [0.15, 0.2) is 29.2 Å². The number of carbonyl (C=O) groups is 2. The molecule has 0 bridgehead atoms. The summed E-state index contributed by atoms with van der Waals surface area (Å²) in [5.41, 5.74) is 0.120. The second kappa shape index (κ2) is 7.75. The van der Waals surface area contributed by atoms with Crippen LogP contribution in [0.4, 0.5) is 0 Å². The van der Waals surface area contributed by atoms with Gasteiger partial charge in [-0.1, -0.05) is 12.5 Å². The molecule has 1 aliphatic heterocycles. The molecule has 1 atom stereocenters. The van der Waals surface area contributed by atoms with Gasteiger partial charge < -0.3 is 10.1 Å². The Bertz CT molecular complexity index is 789. The van der Waals surface area contributed by atoms with E-state index in [1.54, 1.807) is 0 Å². The summed E-state index contributed by atoms with van der Waals surface area (Å²) in [5, 5.41) is 2.73. The number of ether oxygens (including phenoxy) is 1. The maximum Gasteiger partial charge on any atom is 0.338 e. The van der Waals surface area contributed by atoms with Crippen molar-refractivity contribution in [2.45, 2.75) is 56.0 Å². The van der Waals surface area contributed by atoms with Gasteiger partial charge in [0.25, 0.3) is 5.91 Å². The molecular weight excluding hydrogens is 356 g/mol. The summed E-state index contributed by atoms with van der Waals surface area (Å²) >= 11 is 0. The Hall–Kier alpha value is -1.93. The van der Waals surface area contributed by atoms with Gasteiger partial charge in [0.05, 0.1) is 10.5 Å². The molecule has 1 amide bonds. The number of piperidine rings is 1. The molecule has 8 heteroatoms. The van der Waals surface area contributed by atoms with Crippen LogP contribution in [0.3, 0.4) is 0 Å². The van der Waals surface area contributed by atoms with Crippen LogP contribution in [0.25, 0.3) is 0 Å². The predicted octanol–water partition coefficient (Wildman–Crippen LogP) is 1.69. The van der Waals surface area contributed by atoms with Crippen molar-refractivity contribution < 1.29 is 22.7 Å². The molecule has 0 radical (unpaired) electrons. The lowest BCUT2D eigenvalue weighted by Gasteiger charge is -2.32. The van der Waals surface area contributed by atoms with E-state index in [2.05, 4.69) is 5.32 Å². The van der Waals surface area contributed by atoms with E-state index in [4.69, 9.17) is 4.74 Å². The number of hydrogen-bond donors (Lipinski definition) is 1. The zero-order valence-corrected chi connectivity index (χ0v) is 15.6. The van der Waals surface area contributed by atoms with Crippen LogP contribution in [0.1, 0.15) is 49.4 Å². The van der Waals surface area contributed by atoms with Crippen molar-refractivity contribution in [3.63, 3.8) is 0 Å². The molecule has 1 saturated carbocycles. The molecule has 1 N–H and O–H groups in total. The minimum Gasteiger partial charge on any atom is -0.452 e. The largest absolute Gasteiger partial charge is 0.452 e. The topological polar surface area (TPSA) is 92.8 Å². The smallest absolute Gasteiger partial charge is 0.338 e. The average Bonchev–Trinajstić information content (AvgIpc) is 3.44. The van der Waals surface area contributed by atoms with Gasteiger partial charge in [-0.3, -0.25) is 4.79 Å². The first kappa shape index (κ1) is 18.8. The first-order valence-electron chi connectivity index (χ1n) is 8.96. The molecule has 3 rings (SSSR count). The summed E-state index contributed by atoms with van der Waals surface area (Å²) in [6, 6.07) is 5.93. The van der Waals surface area contributed by atoms with Gasteiger partial charge in [-0.05, 0) is 50.8 Å². The molecule has 1 saturated heterocycles. The molecule has 2 aliphatic rings. The van der Waals surface area contributed by atoms with Crippen LogP contribution in [-0.4, -0.2) is 49.8 Å². The highest BCUT2D eigenvalue weighted by atomic mass is 32.2. The monoisotopic (exact) mass is 380 g/mol. The fourth-order valence-corrected chi connectivity index (χ4v) is 4.81. The minimum atomic E-state index is -3.66. The SMILES string of the molecule is C[C@@H]1CCCCN1S(=O)(=O)c1cccc(C(=O)OCC(=O)NC2CC2)c1. The van der Waals surface area contributed by atoms with E-state index in [-0.39, 0.29) is 35.1 Å². The van der Waals surface area contributed by atoms with Crippen LogP contribution < -0.4 is 5.32 Å². The van der Waals surface area contributed by atoms with Crippen molar-refractivity contribution in [2.24, 2.45) is 0 Å². The highest BCUT2D eigenvalue weighted by Crippen LogP contribution is 2.25. The van der Waals surface area contributed by atoms with Crippen LogP contribution in [0.5, 0.6) is 0 Å². The minimum absolute atomic E-state index is 0.0597. The predicted molar refractivity (Wildman–Crippen MR) is 95.1 cm³/mol. The van der Waals surface area contributed by atoms with E-state index >= 15 is 0 Å². The number of sulfonamides is 1. The van der Waals surface area contributed by atoms with E-state index in [0.717, 1.165) is 32.1 Å². The van der Waals surface area contributed by atoms with Gasteiger partial charge in [0.1, 0.15) is 0 Å². The van der Waals surface area contributed by atoms with Gasteiger partial charge in [-0.2, -0.15) is 4.31 Å². The van der Waals surface area contributed by atoms with Crippen LogP contribution in [0.2, 0.25) is 0 Å². The Morgan fingerprint density at radius 1 is 1.23 bits per heavy atom. The van der Waals surface area contributed by atoms with Crippen molar-refractivity contribution in [1.82, 2.24) is 9.62 Å². The van der Waals surface area contributed by atoms with Crippen LogP contribution >= 0.6 is 0 Å². The third-order valence-electron chi connectivity index (χ3n) is 4.70. The van der Waals surface area contributed by atoms with E-state index in [9.17, 15) is 18.0 Å². The van der Waals surface area contributed by atoms with E-state index in [1.807, 2.05) is 6.92 Å². The number of nitrogens with zero attached hydrogens (tertiary/aromatic N) is 1. The first-order chi connectivity index (χ1) is 12.4. The Morgan fingerprint density at radius 2 is 2.00 bits per heavy atom. The molecular formula is C18H24N2O5S. The Balaban J connectivity index is 1.68. The third kappa shape index (κ3) is 4.42. The number of rotatable bonds is 6. The van der Waals surface area contributed by atoms with Crippen molar-refractivity contribution >= 4 is 21.9 Å². The number of benzene rings is 1. The molecule has 1 aliphatic carbocycles. The third-order valence-corrected chi connectivity index (χ3v) is 6.70. The standard InChI is InChI=1S/C18H24N2O5S/c1-13-5-2-3-10-20(13)26(23,24)16-7-4-6-14(11-16)18(22)25-12-17(21)19-15-8-9-15/h4,6-7,11,13,15H,2-3,5,8-10,12H2,1H3,(H,19,21)/t13-/m1/s1. The summed E-state index contributed by atoms with van der Waals surface area (Å²) in [4.78, 5) is 23.8. The van der Waals surface area contributed by atoms with Gasteiger partial charge in [0, 0.05) is 18.6 Å². The molecule has 1 aromatic carbocycles. The molecule has 0 aromatic heterocycles. The van der Waals surface area contributed by atoms with E-state index in [1.165, 1.54) is 28.6 Å². The van der Waals surface area contributed by atoms with E-state index in [0.29, 0.717) is 6.54 Å². The number of carbonyl (C=O) groups excluding carboxylic acids is 2. The number of hydrogen-bond acceptors (Lipinski definition) is 5. The van der Waals surface area contributed by atoms with Crippen molar-refractivity contribution in [3.05, 3.63) is 29.8 Å². The average molecular weight is 380 g/mol. The maximum absolute atomic E-state index is 12.9. The fraction of sp³-hybridized carbons (Fsp3) is 0.556. The molecule has 7 nitrogen and oxygen atoms in total. The van der Waals surface area contributed by atoms with Crippen molar-refractivity contribution in [2.75, 3.05) is 13.2 Å². The van der Waals surface area contributed by atoms with Gasteiger partial charge >= 0.3 is 5.97 Å². The van der Waals surface area contributed by atoms with Crippen LogP contribution in [-0.2, 0) is 19.6 Å². The quantitative estimate of drug-likeness (QED) is 0.758. The van der Waals surface area contributed by atoms with Crippen LogP contribution in [0, 0.1) is 0 Å². The first-order valence-corrected chi connectivity index (χ1v) is 10.4. The lowest BCUT2D eigenvalue weighted by Crippen LogP contribution is -2.41. The second-order valence-corrected chi connectivity index (χ2v) is 8.80. The summed E-state index contributed by atoms with van der Waals surface area (Å²) in [5.74, 6) is -1.05. The van der Waals surface area contributed by atoms with Gasteiger partial charge in [-0.15, -0.1) is 0 Å². The molecule has 26 heavy (non-hydrogen) atoms. The Labute approximate surface area is 153 Å². The molecule has 0 unspecified atom stereocenters. The zero-order valence-electron chi connectivity index (χ0n) is 14.8. The number of nitrogens with one attached hydrogen (secondary N) is 1. The van der Waals surface area contributed by atoms with Gasteiger partial charge in [0.2, 0.25) is 10.0 Å². The second-order valence-electron chi connectivity index (χ2n) is 6.91. The van der Waals surface area contributed by atoms with Gasteiger partial charge in [-0.25, -0.2) is 13.2 Å². The normalized spacial score (nSPS) is 21.2. The summed E-state index contributed by atoms with van der Waals surface area (Å²) in [6.07, 6.45) is 4.59. The lowest BCUT2D eigenvalue weighted by molar-refractivity contribution is -0.124. The maximum atomic E-state index is 12.9. The zero-order chi connectivity index (χ0) is 18.7. The van der Waals surface area contributed by atoms with Crippen molar-refractivity contribution in [1.29, 1.82) is 0 Å². The fourth-order valence-electron chi connectivity index (χ4n) is 3.06. The number of amides is 1. The lowest BCUT2D eigenvalue weighted by atomic mass is 10.1. The summed E-state index contributed by atoms with van der Waals surface area (Å²) in [6.45, 7) is 2.02. The molecule has 0 spiro atoms. The number of esters is 1. The summed E-state index contributed by atoms with van der Waals surface area (Å²) < 4.78 is 32.2. The van der Waals surface area contributed by atoms with Crippen molar-refractivity contribution in [3.8, 4) is 0 Å². The summed E-state index contributed by atoms with van der Waals surface area (Å²) in [7, 11) is -3.66. The molecule has 142 valence electrons. The Kier molecular flexibility index (Phi) is 5.62.